The molecular weight excluding hydrogens is 372 g/mol. The summed E-state index contributed by atoms with van der Waals surface area (Å²) < 4.78 is 1.87. The van der Waals surface area contributed by atoms with E-state index in [4.69, 9.17) is 10.1 Å². The molecule has 0 radical (unpaired) electrons. The van der Waals surface area contributed by atoms with Gasteiger partial charge in [-0.15, -0.1) is 0 Å². The summed E-state index contributed by atoms with van der Waals surface area (Å²) in [5, 5.41) is 7.78. The van der Waals surface area contributed by atoms with Gasteiger partial charge in [-0.2, -0.15) is 5.10 Å². The molecule has 152 valence electrons. The van der Waals surface area contributed by atoms with Gasteiger partial charge in [0.2, 0.25) is 5.91 Å². The van der Waals surface area contributed by atoms with Crippen molar-refractivity contribution < 1.29 is 4.79 Å². The number of nitrogens with one attached hydrogen (secondary N) is 1. The van der Waals surface area contributed by atoms with Gasteiger partial charge >= 0.3 is 0 Å². The third kappa shape index (κ3) is 3.47. The molecule has 5 nitrogen and oxygen atoms in total. The molecule has 2 heterocycles. The van der Waals surface area contributed by atoms with Crippen molar-refractivity contribution in [1.82, 2.24) is 14.6 Å². The Morgan fingerprint density at radius 2 is 1.67 bits per heavy atom. The normalized spacial score (nSPS) is 11.1. The number of benzene rings is 2. The van der Waals surface area contributed by atoms with Crippen molar-refractivity contribution in [3.05, 3.63) is 82.3 Å². The third-order valence-electron chi connectivity index (χ3n) is 5.78. The molecule has 0 fully saturated rings. The van der Waals surface area contributed by atoms with Crippen molar-refractivity contribution in [3.8, 4) is 11.1 Å². The summed E-state index contributed by atoms with van der Waals surface area (Å²) in [6, 6.07) is 16.1. The third-order valence-corrected chi connectivity index (χ3v) is 5.78. The van der Waals surface area contributed by atoms with Crippen molar-refractivity contribution in [1.29, 1.82) is 0 Å². The van der Waals surface area contributed by atoms with E-state index in [0.29, 0.717) is 0 Å². The summed E-state index contributed by atoms with van der Waals surface area (Å²) in [4.78, 5) is 17.7. The molecule has 0 bridgehead atoms. The zero-order valence-corrected chi connectivity index (χ0v) is 18.1. The number of aryl methyl sites for hydroxylation is 4. The van der Waals surface area contributed by atoms with Crippen LogP contribution in [0.4, 0.5) is 5.69 Å². The maximum Gasteiger partial charge on any atom is 0.228 e. The van der Waals surface area contributed by atoms with Crippen LogP contribution in [-0.4, -0.2) is 20.5 Å². The minimum Gasteiger partial charge on any atom is -0.326 e. The predicted molar refractivity (Wildman–Crippen MR) is 121 cm³/mol. The first kappa shape index (κ1) is 19.8. The molecule has 30 heavy (non-hydrogen) atoms. The van der Waals surface area contributed by atoms with Gasteiger partial charge in [0.25, 0.3) is 0 Å². The van der Waals surface area contributed by atoms with E-state index >= 15 is 0 Å². The average Bonchev–Trinajstić information content (AvgIpc) is 3.05. The highest BCUT2D eigenvalue weighted by molar-refractivity contribution is 5.93. The number of amides is 1. The number of carbonyl (C=O) groups is 1. The van der Waals surface area contributed by atoms with Crippen LogP contribution in [0, 0.1) is 34.6 Å². The second-order valence-electron chi connectivity index (χ2n) is 7.80. The molecule has 0 aliphatic carbocycles. The zero-order chi connectivity index (χ0) is 21.4. The SMILES string of the molecule is Cc1cccc(NC(=O)Cc2c(C)nc3c(-c4ccccc4)c(C)nn3c2C)c1C. The number of carbonyl (C=O) groups excluding carboxylic acids is 1. The van der Waals surface area contributed by atoms with E-state index in [1.165, 1.54) is 0 Å². The molecule has 2 aromatic heterocycles. The molecule has 0 aliphatic heterocycles. The molecule has 5 heteroatoms. The van der Waals surface area contributed by atoms with E-state index < -0.39 is 0 Å². The molecule has 2 aromatic carbocycles. The van der Waals surface area contributed by atoms with Crippen LogP contribution in [0.5, 0.6) is 0 Å². The first-order valence-electron chi connectivity index (χ1n) is 10.1. The average molecular weight is 399 g/mol. The maximum absolute atomic E-state index is 12.8. The van der Waals surface area contributed by atoms with Gasteiger partial charge < -0.3 is 5.32 Å². The molecule has 0 aliphatic rings. The fourth-order valence-electron chi connectivity index (χ4n) is 3.91. The van der Waals surface area contributed by atoms with Gasteiger partial charge in [-0.3, -0.25) is 4.79 Å². The molecule has 0 unspecified atom stereocenters. The monoisotopic (exact) mass is 398 g/mol. The Bertz CT molecular complexity index is 1260. The lowest BCUT2D eigenvalue weighted by atomic mass is 10.0. The molecule has 0 saturated heterocycles. The number of aromatic nitrogens is 3. The van der Waals surface area contributed by atoms with E-state index in [0.717, 1.165) is 56.2 Å². The Kier molecular flexibility index (Phi) is 5.12. The summed E-state index contributed by atoms with van der Waals surface area (Å²) in [5.74, 6) is -0.0526. The number of hydrogen-bond acceptors (Lipinski definition) is 3. The Morgan fingerprint density at radius 3 is 2.40 bits per heavy atom. The molecule has 4 rings (SSSR count). The van der Waals surface area contributed by atoms with Crippen LogP contribution in [0.1, 0.15) is 33.8 Å². The topological polar surface area (TPSA) is 59.3 Å². The van der Waals surface area contributed by atoms with Crippen molar-refractivity contribution in [2.75, 3.05) is 5.32 Å². The number of fused-ring (bicyclic) bond motifs is 1. The Labute approximate surface area is 176 Å². The Balaban J connectivity index is 1.70. The molecule has 0 spiro atoms. The number of nitrogens with zero attached hydrogens (tertiary/aromatic N) is 3. The van der Waals surface area contributed by atoms with Gasteiger partial charge in [0.1, 0.15) is 0 Å². The van der Waals surface area contributed by atoms with Gasteiger partial charge in [-0.25, -0.2) is 9.50 Å². The molecule has 1 amide bonds. The van der Waals surface area contributed by atoms with Crippen molar-refractivity contribution >= 4 is 17.2 Å². The highest BCUT2D eigenvalue weighted by atomic mass is 16.1. The van der Waals surface area contributed by atoms with Gasteiger partial charge in [0.15, 0.2) is 5.65 Å². The second-order valence-corrected chi connectivity index (χ2v) is 7.80. The minimum atomic E-state index is -0.0526. The maximum atomic E-state index is 12.8. The number of hydrogen-bond donors (Lipinski definition) is 1. The molecule has 4 aromatic rings. The van der Waals surface area contributed by atoms with Crippen LogP contribution < -0.4 is 5.32 Å². The summed E-state index contributed by atoms with van der Waals surface area (Å²) in [6.45, 7) is 10.0. The lowest BCUT2D eigenvalue weighted by Crippen LogP contribution is -2.18. The van der Waals surface area contributed by atoms with Gasteiger partial charge in [0, 0.05) is 28.2 Å². The van der Waals surface area contributed by atoms with Gasteiger partial charge in [-0.05, 0) is 57.4 Å². The van der Waals surface area contributed by atoms with E-state index in [1.807, 2.05) is 75.5 Å². The van der Waals surface area contributed by atoms with Crippen LogP contribution >= 0.6 is 0 Å². The van der Waals surface area contributed by atoms with Crippen LogP contribution in [-0.2, 0) is 11.2 Å². The fraction of sp³-hybridized carbons (Fsp3) is 0.240. The van der Waals surface area contributed by atoms with Crippen molar-refractivity contribution in [3.63, 3.8) is 0 Å². The lowest BCUT2D eigenvalue weighted by Gasteiger charge is -2.13. The first-order chi connectivity index (χ1) is 14.4. The largest absolute Gasteiger partial charge is 0.326 e. The molecule has 1 N–H and O–H groups in total. The van der Waals surface area contributed by atoms with Crippen LogP contribution in [0.25, 0.3) is 16.8 Å². The molecule has 0 saturated carbocycles. The number of rotatable bonds is 4. The summed E-state index contributed by atoms with van der Waals surface area (Å²) in [5.41, 5.74) is 9.68. The predicted octanol–water partition coefficient (Wildman–Crippen LogP) is 5.12. The molecule has 0 atom stereocenters. The number of anilines is 1. The Morgan fingerprint density at radius 1 is 0.933 bits per heavy atom. The van der Waals surface area contributed by atoms with Crippen LogP contribution in [0.15, 0.2) is 48.5 Å². The van der Waals surface area contributed by atoms with Crippen molar-refractivity contribution in [2.24, 2.45) is 0 Å². The van der Waals surface area contributed by atoms with E-state index in [2.05, 4.69) is 17.4 Å². The summed E-state index contributed by atoms with van der Waals surface area (Å²) in [6.07, 6.45) is 0.258. The highest BCUT2D eigenvalue weighted by Gasteiger charge is 2.19. The van der Waals surface area contributed by atoms with E-state index in [1.54, 1.807) is 0 Å². The quantitative estimate of drug-likeness (QED) is 0.519. The lowest BCUT2D eigenvalue weighted by molar-refractivity contribution is -0.115. The smallest absolute Gasteiger partial charge is 0.228 e. The van der Waals surface area contributed by atoms with Crippen LogP contribution in [0.3, 0.4) is 0 Å². The summed E-state index contributed by atoms with van der Waals surface area (Å²) >= 11 is 0. The zero-order valence-electron chi connectivity index (χ0n) is 18.1. The van der Waals surface area contributed by atoms with Gasteiger partial charge in [-0.1, -0.05) is 42.5 Å². The van der Waals surface area contributed by atoms with E-state index in [-0.39, 0.29) is 12.3 Å². The van der Waals surface area contributed by atoms with Crippen LogP contribution in [0.2, 0.25) is 0 Å². The fourth-order valence-corrected chi connectivity index (χ4v) is 3.91. The van der Waals surface area contributed by atoms with E-state index in [9.17, 15) is 4.79 Å². The van der Waals surface area contributed by atoms with Crippen molar-refractivity contribution in [2.45, 2.75) is 41.0 Å². The minimum absolute atomic E-state index is 0.0526. The second kappa shape index (κ2) is 7.75. The molecular formula is C25H26N4O. The first-order valence-corrected chi connectivity index (χ1v) is 10.1. The summed E-state index contributed by atoms with van der Waals surface area (Å²) in [7, 11) is 0. The highest BCUT2D eigenvalue weighted by Crippen LogP contribution is 2.29. The standard InChI is InChI=1S/C25H26N4O/c1-15-10-9-13-22(16(15)2)27-23(30)14-21-17(3)26-25-24(20-11-7-6-8-12-20)18(4)28-29(25)19(21)5/h6-13H,14H2,1-5H3,(H,27,30). The van der Waals surface area contributed by atoms with Gasteiger partial charge in [0.05, 0.1) is 12.1 Å². The Hall–Kier alpha value is -3.47.